The van der Waals surface area contributed by atoms with Crippen molar-refractivity contribution in [3.8, 4) is 5.75 Å². The average Bonchev–Trinajstić information content (AvgIpc) is 3.35. The van der Waals surface area contributed by atoms with Gasteiger partial charge in [-0.25, -0.2) is 0 Å². The number of carbonyl (C=O) groups excluding carboxylic acids is 1. The van der Waals surface area contributed by atoms with Crippen molar-refractivity contribution in [2.24, 2.45) is 11.7 Å². The summed E-state index contributed by atoms with van der Waals surface area (Å²) in [5.74, 6) is 0.959. The van der Waals surface area contributed by atoms with Gasteiger partial charge in [0.1, 0.15) is 5.75 Å². The van der Waals surface area contributed by atoms with E-state index in [0.29, 0.717) is 6.04 Å². The highest BCUT2D eigenvalue weighted by molar-refractivity contribution is 5.82. The first kappa shape index (κ1) is 17.2. The molecule has 1 heterocycles. The third-order valence-electron chi connectivity index (χ3n) is 5.24. The van der Waals surface area contributed by atoms with Crippen LogP contribution in [0.2, 0.25) is 0 Å². The van der Waals surface area contributed by atoms with Gasteiger partial charge < -0.3 is 15.8 Å². The predicted molar refractivity (Wildman–Crippen MR) is 94.8 cm³/mol. The summed E-state index contributed by atoms with van der Waals surface area (Å²) in [4.78, 5) is 15.0. The molecule has 3 rings (SSSR count). The summed E-state index contributed by atoms with van der Waals surface area (Å²) in [6.45, 7) is 4.98. The molecule has 1 aliphatic heterocycles. The van der Waals surface area contributed by atoms with Crippen LogP contribution in [0.3, 0.4) is 0 Å². The van der Waals surface area contributed by atoms with Crippen molar-refractivity contribution in [3.63, 3.8) is 0 Å². The van der Waals surface area contributed by atoms with Gasteiger partial charge in [-0.2, -0.15) is 0 Å². The number of amides is 1. The monoisotopic (exact) mass is 331 g/mol. The van der Waals surface area contributed by atoms with Crippen molar-refractivity contribution in [2.45, 2.75) is 57.3 Å². The molecular weight excluding hydrogens is 302 g/mol. The molecule has 5 heteroatoms. The fourth-order valence-electron chi connectivity index (χ4n) is 3.61. The summed E-state index contributed by atoms with van der Waals surface area (Å²) in [6, 6.07) is 8.72. The van der Waals surface area contributed by atoms with Gasteiger partial charge in [-0.05, 0) is 42.9 Å². The average molecular weight is 331 g/mol. The van der Waals surface area contributed by atoms with E-state index in [0.717, 1.165) is 18.7 Å². The van der Waals surface area contributed by atoms with Gasteiger partial charge in [0.25, 0.3) is 0 Å². The van der Waals surface area contributed by atoms with Crippen LogP contribution in [0.4, 0.5) is 0 Å². The Morgan fingerprint density at radius 1 is 1.33 bits per heavy atom. The van der Waals surface area contributed by atoms with Gasteiger partial charge in [0.05, 0.1) is 19.2 Å². The van der Waals surface area contributed by atoms with Crippen molar-refractivity contribution >= 4 is 5.91 Å². The van der Waals surface area contributed by atoms with E-state index in [-0.39, 0.29) is 23.9 Å². The maximum absolute atomic E-state index is 12.5. The number of hydrogen-bond donors (Lipinski definition) is 2. The molecule has 0 aromatic heterocycles. The smallest absolute Gasteiger partial charge is 0.237 e. The lowest BCUT2D eigenvalue weighted by molar-refractivity contribution is -0.124. The van der Waals surface area contributed by atoms with Gasteiger partial charge in [-0.1, -0.05) is 26.0 Å². The number of methoxy groups -OCH3 is 1. The van der Waals surface area contributed by atoms with E-state index >= 15 is 0 Å². The lowest BCUT2D eigenvalue weighted by Gasteiger charge is -2.30. The van der Waals surface area contributed by atoms with Gasteiger partial charge in [-0.3, -0.25) is 9.69 Å². The number of ether oxygens (including phenoxy) is 1. The third-order valence-corrected chi connectivity index (χ3v) is 5.24. The van der Waals surface area contributed by atoms with Crippen LogP contribution < -0.4 is 15.8 Å². The molecule has 3 atom stereocenters. The molecular formula is C19H29N3O2. The van der Waals surface area contributed by atoms with Crippen LogP contribution in [-0.2, 0) is 4.79 Å². The molecule has 5 nitrogen and oxygen atoms in total. The number of hydrogen-bond acceptors (Lipinski definition) is 4. The van der Waals surface area contributed by atoms with Gasteiger partial charge in [0.15, 0.2) is 0 Å². The largest absolute Gasteiger partial charge is 0.497 e. The Labute approximate surface area is 144 Å². The summed E-state index contributed by atoms with van der Waals surface area (Å²) in [5, 5.41) is 3.21. The number of nitrogens with one attached hydrogen (secondary N) is 1. The van der Waals surface area contributed by atoms with Crippen molar-refractivity contribution < 1.29 is 9.53 Å². The maximum Gasteiger partial charge on any atom is 0.237 e. The number of likely N-dealkylation sites (tertiary alicyclic amines) is 1. The van der Waals surface area contributed by atoms with Crippen LogP contribution >= 0.6 is 0 Å². The summed E-state index contributed by atoms with van der Waals surface area (Å²) in [7, 11) is 1.69. The minimum Gasteiger partial charge on any atom is -0.497 e. The van der Waals surface area contributed by atoms with E-state index in [9.17, 15) is 4.79 Å². The Morgan fingerprint density at radius 3 is 2.71 bits per heavy atom. The highest BCUT2D eigenvalue weighted by Gasteiger charge is 2.43. The van der Waals surface area contributed by atoms with Crippen LogP contribution in [0.5, 0.6) is 5.75 Å². The molecule has 1 saturated carbocycles. The van der Waals surface area contributed by atoms with Crippen LogP contribution in [0.1, 0.15) is 44.7 Å². The summed E-state index contributed by atoms with van der Waals surface area (Å²) >= 11 is 0. The van der Waals surface area contributed by atoms with Crippen molar-refractivity contribution in [2.75, 3.05) is 13.7 Å². The van der Waals surface area contributed by atoms with E-state index in [2.05, 4.69) is 22.3 Å². The predicted octanol–water partition coefficient (Wildman–Crippen LogP) is 2.07. The Bertz CT molecular complexity index is 586. The van der Waals surface area contributed by atoms with Crippen molar-refractivity contribution in [3.05, 3.63) is 29.8 Å². The van der Waals surface area contributed by atoms with E-state index in [4.69, 9.17) is 10.5 Å². The van der Waals surface area contributed by atoms with E-state index in [1.54, 1.807) is 7.11 Å². The zero-order valence-corrected chi connectivity index (χ0v) is 14.9. The number of rotatable bonds is 6. The second-order valence-corrected chi connectivity index (χ2v) is 7.36. The topological polar surface area (TPSA) is 67.6 Å². The third kappa shape index (κ3) is 3.57. The first-order valence-electron chi connectivity index (χ1n) is 8.97. The Kier molecular flexibility index (Phi) is 5.11. The summed E-state index contributed by atoms with van der Waals surface area (Å²) in [5.41, 5.74) is 7.24. The lowest BCUT2D eigenvalue weighted by atomic mass is 9.98. The lowest BCUT2D eigenvalue weighted by Crippen LogP contribution is -2.49. The molecule has 0 bridgehead atoms. The molecule has 2 unspecified atom stereocenters. The molecule has 0 spiro atoms. The molecule has 3 N–H and O–H groups in total. The standard InChI is InChI=1S/C19H29N3O2/c1-12(2)17(20)19(23)21-16-9-10-22(14-7-8-14)18(16)13-5-4-6-15(11-13)24-3/h4-6,11-12,14,16-18H,7-10,20H2,1-3H3,(H,21,23)/t16?,17-,18?/m0/s1. The Hall–Kier alpha value is -1.59. The quantitative estimate of drug-likeness (QED) is 0.837. The highest BCUT2D eigenvalue weighted by Crippen LogP contribution is 2.41. The molecule has 1 amide bonds. The molecule has 132 valence electrons. The van der Waals surface area contributed by atoms with Crippen LogP contribution in [-0.4, -0.2) is 42.6 Å². The second kappa shape index (κ2) is 7.11. The van der Waals surface area contributed by atoms with Gasteiger partial charge in [0, 0.05) is 18.6 Å². The van der Waals surface area contributed by atoms with Crippen LogP contribution in [0.15, 0.2) is 24.3 Å². The van der Waals surface area contributed by atoms with Crippen LogP contribution in [0, 0.1) is 5.92 Å². The Balaban J connectivity index is 1.81. The zero-order chi connectivity index (χ0) is 17.3. The number of benzene rings is 1. The molecule has 2 fully saturated rings. The van der Waals surface area contributed by atoms with Crippen LogP contribution in [0.25, 0.3) is 0 Å². The summed E-state index contributed by atoms with van der Waals surface area (Å²) < 4.78 is 5.39. The number of nitrogens with two attached hydrogens (primary N) is 1. The summed E-state index contributed by atoms with van der Waals surface area (Å²) in [6.07, 6.45) is 3.48. The SMILES string of the molecule is COc1cccc(C2C(NC(=O)[C@@H](N)C(C)C)CCN2C2CC2)c1. The van der Waals surface area contributed by atoms with Crippen molar-refractivity contribution in [1.82, 2.24) is 10.2 Å². The molecule has 1 aliphatic carbocycles. The molecule has 24 heavy (non-hydrogen) atoms. The molecule has 1 saturated heterocycles. The first-order chi connectivity index (χ1) is 11.5. The molecule has 2 aliphatic rings. The fraction of sp³-hybridized carbons (Fsp3) is 0.632. The van der Waals surface area contributed by atoms with Gasteiger partial charge in [0.2, 0.25) is 5.91 Å². The van der Waals surface area contributed by atoms with Crippen molar-refractivity contribution in [1.29, 1.82) is 0 Å². The maximum atomic E-state index is 12.5. The fourth-order valence-corrected chi connectivity index (χ4v) is 3.61. The number of nitrogens with zero attached hydrogens (tertiary/aromatic N) is 1. The minimum absolute atomic E-state index is 0.0412. The minimum atomic E-state index is -0.453. The van der Waals surface area contributed by atoms with E-state index < -0.39 is 6.04 Å². The highest BCUT2D eigenvalue weighted by atomic mass is 16.5. The van der Waals surface area contributed by atoms with Gasteiger partial charge in [-0.15, -0.1) is 0 Å². The number of carbonyl (C=O) groups is 1. The molecule has 0 radical (unpaired) electrons. The van der Waals surface area contributed by atoms with E-state index in [1.165, 1.54) is 18.4 Å². The Morgan fingerprint density at radius 2 is 2.08 bits per heavy atom. The zero-order valence-electron chi connectivity index (χ0n) is 14.9. The normalized spacial score (nSPS) is 25.7. The van der Waals surface area contributed by atoms with Gasteiger partial charge >= 0.3 is 0 Å². The molecule has 1 aromatic carbocycles. The van der Waals surface area contributed by atoms with E-state index in [1.807, 2.05) is 26.0 Å². The second-order valence-electron chi connectivity index (χ2n) is 7.36. The first-order valence-corrected chi connectivity index (χ1v) is 8.97. The molecule has 1 aromatic rings.